The molecule has 0 aliphatic rings. The molecule has 0 heterocycles. The molecule has 0 aliphatic heterocycles. The molecule has 0 aliphatic carbocycles. The van der Waals surface area contributed by atoms with Gasteiger partial charge < -0.3 is 14.7 Å². The molecule has 0 fully saturated rings. The van der Waals surface area contributed by atoms with Gasteiger partial charge in [0, 0.05) is 6.16 Å². The first-order chi connectivity index (χ1) is 11.3. The van der Waals surface area contributed by atoms with Crippen molar-refractivity contribution >= 4 is 15.0 Å². The van der Waals surface area contributed by atoms with Crippen LogP contribution in [0.2, 0.25) is 0 Å². The largest absolute Gasteiger partial charge is 0.344 e. The molecule has 0 saturated heterocycles. The zero-order chi connectivity index (χ0) is 18.5. The van der Waals surface area contributed by atoms with Gasteiger partial charge in [0.2, 0.25) is 7.37 Å². The average molecular weight is 382 g/mol. The van der Waals surface area contributed by atoms with Gasteiger partial charge in [-0.3, -0.25) is 9.13 Å². The summed E-state index contributed by atoms with van der Waals surface area (Å²) in [7, 11) is -8.34. The van der Waals surface area contributed by atoms with E-state index in [1.165, 1.54) is 6.42 Å². The summed E-state index contributed by atoms with van der Waals surface area (Å²) in [6, 6.07) is 0. The first-order valence-electron chi connectivity index (χ1n) is 9.23. The van der Waals surface area contributed by atoms with Gasteiger partial charge in [0.15, 0.2) is 0 Å². The van der Waals surface area contributed by atoms with Crippen molar-refractivity contribution in [3.05, 3.63) is 12.7 Å². The first-order valence-corrected chi connectivity index (χ1v) is 12.8. The van der Waals surface area contributed by atoms with Crippen LogP contribution in [0.25, 0.3) is 0 Å². The summed E-state index contributed by atoms with van der Waals surface area (Å²) in [4.78, 5) is 29.0. The minimum absolute atomic E-state index is 0.0192. The Bertz CT molecular complexity index is 419. The minimum Gasteiger partial charge on any atom is -0.344 e. The predicted octanol–water partition coefficient (Wildman–Crippen LogP) is 5.65. The highest BCUT2D eigenvalue weighted by Gasteiger charge is 2.42. The van der Waals surface area contributed by atoms with E-state index in [1.807, 2.05) is 13.0 Å². The van der Waals surface area contributed by atoms with Crippen LogP contribution >= 0.6 is 15.0 Å². The maximum Gasteiger partial charge on any atom is 0.338 e. The van der Waals surface area contributed by atoms with E-state index in [1.54, 1.807) is 0 Å². The third-order valence-corrected chi connectivity index (χ3v) is 9.47. The molecule has 0 bridgehead atoms. The fourth-order valence-corrected chi connectivity index (χ4v) is 7.15. The van der Waals surface area contributed by atoms with E-state index in [-0.39, 0.29) is 12.6 Å². The van der Waals surface area contributed by atoms with Crippen LogP contribution in [0.3, 0.4) is 0 Å². The second-order valence-electron chi connectivity index (χ2n) is 6.60. The Hall–Kier alpha value is 0.0800. The molecule has 24 heavy (non-hydrogen) atoms. The summed E-state index contributed by atoms with van der Waals surface area (Å²) in [5.41, 5.74) is 0. The van der Waals surface area contributed by atoms with E-state index < -0.39 is 20.4 Å². The van der Waals surface area contributed by atoms with Gasteiger partial charge in [-0.15, -0.1) is 6.58 Å². The molecule has 0 rings (SSSR count). The molecular weight excluding hydrogens is 346 g/mol. The highest BCUT2D eigenvalue weighted by atomic mass is 31.2. The van der Waals surface area contributed by atoms with Crippen molar-refractivity contribution in [2.75, 3.05) is 6.16 Å². The van der Waals surface area contributed by atoms with Crippen LogP contribution in [0.15, 0.2) is 12.7 Å². The van der Waals surface area contributed by atoms with Crippen molar-refractivity contribution in [1.82, 2.24) is 0 Å². The van der Waals surface area contributed by atoms with Gasteiger partial charge in [-0.1, -0.05) is 64.4 Å². The van der Waals surface area contributed by atoms with Gasteiger partial charge in [0.1, 0.15) is 5.40 Å². The van der Waals surface area contributed by atoms with Gasteiger partial charge in [-0.2, -0.15) is 0 Å². The van der Waals surface area contributed by atoms with Crippen LogP contribution in [-0.4, -0.2) is 26.2 Å². The van der Waals surface area contributed by atoms with Gasteiger partial charge in [0.05, 0.1) is 0 Å². The lowest BCUT2D eigenvalue weighted by Crippen LogP contribution is -2.12. The van der Waals surface area contributed by atoms with E-state index in [0.717, 1.165) is 51.4 Å². The van der Waals surface area contributed by atoms with Crippen molar-refractivity contribution in [1.29, 1.82) is 0 Å². The van der Waals surface area contributed by atoms with E-state index >= 15 is 0 Å². The average Bonchev–Trinajstić information content (AvgIpc) is 2.48. The molecular formula is C17H36O5P2. The summed E-state index contributed by atoms with van der Waals surface area (Å²) >= 11 is 0. The molecule has 5 nitrogen and oxygen atoms in total. The van der Waals surface area contributed by atoms with Crippen LogP contribution in [0.5, 0.6) is 0 Å². The zero-order valence-electron chi connectivity index (χ0n) is 15.1. The van der Waals surface area contributed by atoms with Crippen molar-refractivity contribution in [2.24, 2.45) is 0 Å². The zero-order valence-corrected chi connectivity index (χ0v) is 16.9. The molecule has 0 aromatic carbocycles. The first kappa shape index (κ1) is 24.1. The topological polar surface area (TPSA) is 94.8 Å². The maximum atomic E-state index is 12.4. The lowest BCUT2D eigenvalue weighted by Gasteiger charge is -2.24. The van der Waals surface area contributed by atoms with Crippen molar-refractivity contribution in [3.8, 4) is 0 Å². The molecule has 0 aromatic heterocycles. The molecule has 0 aromatic rings. The second-order valence-corrected chi connectivity index (χ2v) is 11.4. The fraction of sp³-hybridized carbons (Fsp3) is 0.882. The van der Waals surface area contributed by atoms with Crippen LogP contribution in [0.4, 0.5) is 0 Å². The fourth-order valence-electron chi connectivity index (χ4n) is 2.84. The molecule has 144 valence electrons. The van der Waals surface area contributed by atoms with Gasteiger partial charge in [-0.25, -0.2) is 0 Å². The molecule has 0 saturated carbocycles. The minimum atomic E-state index is -4.54. The van der Waals surface area contributed by atoms with Crippen LogP contribution < -0.4 is 0 Å². The van der Waals surface area contributed by atoms with Crippen molar-refractivity contribution in [2.45, 2.75) is 89.4 Å². The Kier molecular flexibility index (Phi) is 13.4. The summed E-state index contributed by atoms with van der Waals surface area (Å²) in [5, 5.41) is -1.38. The monoisotopic (exact) mass is 382 g/mol. The number of allylic oxidation sites excluding steroid dienone is 1. The summed E-state index contributed by atoms with van der Waals surface area (Å²) in [5.74, 6) is 0. The summed E-state index contributed by atoms with van der Waals surface area (Å²) in [6.45, 7) is 5.68. The van der Waals surface area contributed by atoms with E-state index in [2.05, 4.69) is 6.58 Å². The van der Waals surface area contributed by atoms with E-state index in [4.69, 9.17) is 0 Å². The maximum absolute atomic E-state index is 12.4. The summed E-state index contributed by atoms with van der Waals surface area (Å²) in [6.07, 6.45) is 12.5. The third kappa shape index (κ3) is 11.6. The Morgan fingerprint density at radius 3 is 1.92 bits per heavy atom. The Balaban J connectivity index is 4.12. The van der Waals surface area contributed by atoms with Crippen LogP contribution in [0.1, 0.15) is 84.0 Å². The molecule has 0 radical (unpaired) electrons. The predicted molar refractivity (Wildman–Crippen MR) is 102 cm³/mol. The normalized spacial score (nSPS) is 15.8. The second kappa shape index (κ2) is 13.3. The van der Waals surface area contributed by atoms with E-state index in [9.17, 15) is 23.8 Å². The van der Waals surface area contributed by atoms with Gasteiger partial charge in [0.25, 0.3) is 0 Å². The van der Waals surface area contributed by atoms with Gasteiger partial charge >= 0.3 is 7.60 Å². The van der Waals surface area contributed by atoms with Crippen LogP contribution in [0, 0.1) is 0 Å². The Morgan fingerprint density at radius 2 is 1.42 bits per heavy atom. The van der Waals surface area contributed by atoms with Crippen molar-refractivity contribution < 1.29 is 23.8 Å². The lowest BCUT2D eigenvalue weighted by molar-refractivity contribution is 0.358. The molecule has 3 N–H and O–H groups in total. The Morgan fingerprint density at radius 1 is 0.875 bits per heavy atom. The van der Waals surface area contributed by atoms with E-state index in [0.29, 0.717) is 12.8 Å². The van der Waals surface area contributed by atoms with Gasteiger partial charge in [-0.05, 0) is 25.7 Å². The van der Waals surface area contributed by atoms with Crippen molar-refractivity contribution in [3.63, 3.8) is 0 Å². The number of hydrogen-bond acceptors (Lipinski definition) is 2. The number of hydrogen-bond donors (Lipinski definition) is 3. The molecule has 0 amide bonds. The standard InChI is InChI=1S/C17H36O5P2/c1-3-5-7-8-9-10-11-12-14-16-23(18,19)17(24(20,21)22)15-13-6-4-2/h3,17H,1,4-16H2,2H3,(H,18,19)(H2,20,21,22)/t17-/m1/s1. The lowest BCUT2D eigenvalue weighted by atomic mass is 10.1. The molecule has 2 atom stereocenters. The smallest absolute Gasteiger partial charge is 0.338 e. The SMILES string of the molecule is C=CCCCCCCCCCP(=O)(O)[C@@H](CCCCC)P(=O)(O)O. The quantitative estimate of drug-likeness (QED) is 0.182. The molecule has 0 spiro atoms. The summed E-state index contributed by atoms with van der Waals surface area (Å²) < 4.78 is 24.0. The number of unbranched alkanes of at least 4 members (excludes halogenated alkanes) is 9. The highest BCUT2D eigenvalue weighted by molar-refractivity contribution is 7.73. The number of rotatable bonds is 16. The third-order valence-electron chi connectivity index (χ3n) is 4.31. The molecule has 7 heteroatoms. The van der Waals surface area contributed by atoms with Crippen LogP contribution in [-0.2, 0) is 9.13 Å². The molecule has 1 unspecified atom stereocenters. The highest BCUT2D eigenvalue weighted by Crippen LogP contribution is 2.64. The Labute approximate surface area is 147 Å².